The van der Waals surface area contributed by atoms with E-state index in [1.54, 1.807) is 5.25 Å². The summed E-state index contributed by atoms with van der Waals surface area (Å²) in [7, 11) is 0. The summed E-state index contributed by atoms with van der Waals surface area (Å²) in [4.78, 5) is 0. The Kier molecular flexibility index (Phi) is 5.51. The Morgan fingerprint density at radius 3 is 1.90 bits per heavy atom. The van der Waals surface area contributed by atoms with Gasteiger partial charge in [0.05, 0.1) is 0 Å². The Hall–Kier alpha value is 0.543. The minimum absolute atomic E-state index is 1.15. The van der Waals surface area contributed by atoms with Gasteiger partial charge in [-0.15, -0.1) is 0 Å². The Morgan fingerprint density at radius 2 is 1.50 bits per heavy atom. The van der Waals surface area contributed by atoms with Crippen LogP contribution in [0.15, 0.2) is 0 Å². The Morgan fingerprint density at radius 1 is 0.900 bits per heavy atom. The topological polar surface area (TPSA) is 0 Å². The van der Waals surface area contributed by atoms with E-state index < -0.39 is 13.3 Å². The first kappa shape index (κ1) is 10.5. The van der Waals surface area contributed by atoms with Crippen molar-refractivity contribution in [3.8, 4) is 0 Å². The molecule has 0 saturated carbocycles. The van der Waals surface area contributed by atoms with Crippen molar-refractivity contribution in [1.82, 2.24) is 0 Å². The van der Waals surface area contributed by atoms with Crippen LogP contribution in [-0.2, 0) is 0 Å². The van der Waals surface area contributed by atoms with E-state index in [0.717, 1.165) is 0 Å². The van der Waals surface area contributed by atoms with Gasteiger partial charge in [0.2, 0.25) is 0 Å². The molecule has 0 rings (SSSR count). The number of hydrogen-bond donors (Lipinski definition) is 0. The van der Waals surface area contributed by atoms with E-state index in [-0.39, 0.29) is 0 Å². The second-order valence-electron chi connectivity index (χ2n) is 4.37. The second-order valence-corrected chi connectivity index (χ2v) is 16.2. The van der Waals surface area contributed by atoms with Gasteiger partial charge >= 0.3 is 68.4 Å². The molecule has 0 spiro atoms. The third kappa shape index (κ3) is 8.54. The zero-order valence-electron chi connectivity index (χ0n) is 8.04. The molecule has 0 amide bonds. The molecule has 1 heteroatoms. The van der Waals surface area contributed by atoms with E-state index in [9.17, 15) is 0 Å². The van der Waals surface area contributed by atoms with Crippen LogP contribution in [0.1, 0.15) is 32.6 Å². The fourth-order valence-corrected chi connectivity index (χ4v) is 3.83. The predicted octanol–water partition coefficient (Wildman–Crippen LogP) is 3.90. The molecule has 62 valence electrons. The van der Waals surface area contributed by atoms with Crippen LogP contribution in [0.5, 0.6) is 0 Å². The molecule has 10 heavy (non-hydrogen) atoms. The molecule has 0 aromatic carbocycles. The summed E-state index contributed by atoms with van der Waals surface area (Å²) < 4.78 is 0. The monoisotopic (exact) mass is 204 g/mol. The molecule has 0 atom stereocenters. The van der Waals surface area contributed by atoms with Crippen molar-refractivity contribution in [2.45, 2.75) is 55.1 Å². The zero-order chi connectivity index (χ0) is 8.04. The van der Waals surface area contributed by atoms with Gasteiger partial charge in [-0.05, 0) is 0 Å². The fraction of sp³-hybridized carbons (Fsp3) is 1.00. The van der Waals surface area contributed by atoms with Crippen LogP contribution >= 0.6 is 0 Å². The zero-order valence-corrected chi connectivity index (χ0v) is 10.1. The average Bonchev–Trinajstić information content (AvgIpc) is 1.78. The first-order valence-electron chi connectivity index (χ1n) is 4.56. The summed E-state index contributed by atoms with van der Waals surface area (Å²) in [5, 5.41) is 1.57. The van der Waals surface area contributed by atoms with Gasteiger partial charge < -0.3 is 0 Å². The van der Waals surface area contributed by atoms with Crippen LogP contribution in [0.4, 0.5) is 0 Å². The van der Waals surface area contributed by atoms with Crippen LogP contribution in [0.2, 0.25) is 22.5 Å². The second kappa shape index (κ2) is 5.23. The standard InChI is InChI=1S/C9H22Ge/c1-5-6-7-8-9-10(2,3)4/h5-9H2,1-4H3. The normalized spacial score (nSPS) is 12.0. The molecular weight excluding hydrogens is 181 g/mol. The molecule has 0 aliphatic heterocycles. The molecule has 0 saturated heterocycles. The fourth-order valence-electron chi connectivity index (χ4n) is 1.08. The average molecular weight is 203 g/mol. The van der Waals surface area contributed by atoms with Crippen molar-refractivity contribution in [3.05, 3.63) is 0 Å². The molecule has 0 bridgehead atoms. The summed E-state index contributed by atoms with van der Waals surface area (Å²) >= 11 is -1.15. The number of unbranched alkanes of at least 4 members (excludes halogenated alkanes) is 3. The first-order chi connectivity index (χ1) is 4.56. The van der Waals surface area contributed by atoms with Gasteiger partial charge in [0.1, 0.15) is 0 Å². The van der Waals surface area contributed by atoms with Crippen molar-refractivity contribution in [3.63, 3.8) is 0 Å². The molecule has 0 aliphatic rings. The van der Waals surface area contributed by atoms with Crippen LogP contribution in [0, 0.1) is 0 Å². The van der Waals surface area contributed by atoms with Crippen LogP contribution in [0.25, 0.3) is 0 Å². The SMILES string of the molecule is CCCCC[CH2][Ge]([CH3])([CH3])[CH3]. The van der Waals surface area contributed by atoms with Crippen LogP contribution in [-0.4, -0.2) is 13.3 Å². The molecular formula is C9H22Ge. The third-order valence-electron chi connectivity index (χ3n) is 1.78. The van der Waals surface area contributed by atoms with E-state index >= 15 is 0 Å². The number of rotatable bonds is 5. The van der Waals surface area contributed by atoms with Gasteiger partial charge in [-0.25, -0.2) is 0 Å². The molecule has 0 aromatic heterocycles. The van der Waals surface area contributed by atoms with E-state index in [1.807, 2.05) is 0 Å². The minimum atomic E-state index is -1.15. The number of hydrogen-bond acceptors (Lipinski definition) is 0. The van der Waals surface area contributed by atoms with E-state index in [1.165, 1.54) is 25.7 Å². The van der Waals surface area contributed by atoms with Crippen LogP contribution < -0.4 is 0 Å². The third-order valence-corrected chi connectivity index (χ3v) is 5.67. The van der Waals surface area contributed by atoms with Crippen molar-refractivity contribution >= 4 is 13.3 Å². The molecule has 0 aromatic rings. The van der Waals surface area contributed by atoms with Gasteiger partial charge in [0.25, 0.3) is 0 Å². The first-order valence-corrected chi connectivity index (χ1v) is 12.3. The summed E-state index contributed by atoms with van der Waals surface area (Å²) in [5.74, 6) is 7.52. The van der Waals surface area contributed by atoms with E-state index in [0.29, 0.717) is 0 Å². The Bertz CT molecular complexity index is 71.3. The van der Waals surface area contributed by atoms with Gasteiger partial charge in [-0.1, -0.05) is 0 Å². The molecule has 0 fully saturated rings. The predicted molar refractivity (Wildman–Crippen MR) is 52.3 cm³/mol. The van der Waals surface area contributed by atoms with Gasteiger partial charge in [-0.3, -0.25) is 0 Å². The summed E-state index contributed by atoms with van der Waals surface area (Å²) in [6.45, 7) is 2.28. The molecule has 0 unspecified atom stereocenters. The molecule has 0 heterocycles. The molecule has 0 aliphatic carbocycles. The molecule has 0 radical (unpaired) electrons. The maximum atomic E-state index is 2.51. The van der Waals surface area contributed by atoms with E-state index in [2.05, 4.69) is 24.2 Å². The summed E-state index contributed by atoms with van der Waals surface area (Å²) in [6.07, 6.45) is 5.78. The Labute approximate surface area is 68.8 Å². The van der Waals surface area contributed by atoms with Gasteiger partial charge in [0, 0.05) is 0 Å². The summed E-state index contributed by atoms with van der Waals surface area (Å²) in [5.41, 5.74) is 0. The molecule has 0 nitrogen and oxygen atoms in total. The van der Waals surface area contributed by atoms with Crippen molar-refractivity contribution < 1.29 is 0 Å². The van der Waals surface area contributed by atoms with Crippen LogP contribution in [0.3, 0.4) is 0 Å². The Balaban J connectivity index is 3.04. The van der Waals surface area contributed by atoms with Gasteiger partial charge in [0.15, 0.2) is 0 Å². The molecule has 0 N–H and O–H groups in total. The summed E-state index contributed by atoms with van der Waals surface area (Å²) in [6, 6.07) is 0. The maximum absolute atomic E-state index is 2.51. The van der Waals surface area contributed by atoms with Crippen molar-refractivity contribution in [2.24, 2.45) is 0 Å². The van der Waals surface area contributed by atoms with Crippen molar-refractivity contribution in [2.75, 3.05) is 0 Å². The van der Waals surface area contributed by atoms with Crippen molar-refractivity contribution in [1.29, 1.82) is 0 Å². The van der Waals surface area contributed by atoms with Gasteiger partial charge in [-0.2, -0.15) is 0 Å². The quantitative estimate of drug-likeness (QED) is 0.469. The van der Waals surface area contributed by atoms with E-state index in [4.69, 9.17) is 0 Å².